The van der Waals surface area contributed by atoms with Crippen molar-refractivity contribution in [2.75, 3.05) is 0 Å². The van der Waals surface area contributed by atoms with Gasteiger partial charge in [-0.1, -0.05) is 35.9 Å². The first kappa shape index (κ1) is 13.0. The van der Waals surface area contributed by atoms with Gasteiger partial charge in [-0.2, -0.15) is 0 Å². The Balaban J connectivity index is 2.08. The van der Waals surface area contributed by atoms with Gasteiger partial charge in [0, 0.05) is 29.1 Å². The van der Waals surface area contributed by atoms with Gasteiger partial charge in [0.1, 0.15) is 0 Å². The van der Waals surface area contributed by atoms with E-state index >= 15 is 0 Å². The molecule has 0 N–H and O–H groups in total. The fraction of sp³-hybridized carbons (Fsp3) is 0. The largest absolute Gasteiger partial charge is 0.322 e. The van der Waals surface area contributed by atoms with E-state index in [2.05, 4.69) is 0 Å². The second-order valence-corrected chi connectivity index (χ2v) is 5.52. The van der Waals surface area contributed by atoms with E-state index in [-0.39, 0.29) is 11.6 Å². The lowest BCUT2D eigenvalue weighted by molar-refractivity contribution is 0.0979. The number of benzene rings is 2. The van der Waals surface area contributed by atoms with Gasteiger partial charge in [0.05, 0.1) is 16.3 Å². The summed E-state index contributed by atoms with van der Waals surface area (Å²) in [6.07, 6.45) is 3.61. The zero-order chi connectivity index (χ0) is 15.3. The molecular formula is C18H10ClNO2. The van der Waals surface area contributed by atoms with E-state index < -0.39 is 0 Å². The van der Waals surface area contributed by atoms with Crippen LogP contribution in [0.15, 0.2) is 60.9 Å². The molecule has 0 saturated carbocycles. The fourth-order valence-corrected chi connectivity index (χ4v) is 3.13. The van der Waals surface area contributed by atoms with Crippen molar-refractivity contribution < 1.29 is 9.59 Å². The summed E-state index contributed by atoms with van der Waals surface area (Å²) < 4.78 is 1.76. The fourth-order valence-electron chi connectivity index (χ4n) is 2.88. The first-order valence-corrected chi connectivity index (χ1v) is 7.20. The van der Waals surface area contributed by atoms with E-state index in [4.69, 9.17) is 11.6 Å². The Morgan fingerprint density at radius 1 is 0.727 bits per heavy atom. The van der Waals surface area contributed by atoms with E-state index in [1.54, 1.807) is 53.4 Å². The minimum absolute atomic E-state index is 0.143. The Labute approximate surface area is 131 Å². The minimum Gasteiger partial charge on any atom is -0.322 e. The molecule has 4 rings (SSSR count). The molecule has 1 aliphatic carbocycles. The van der Waals surface area contributed by atoms with Crippen molar-refractivity contribution in [2.45, 2.75) is 0 Å². The number of hydrogen-bond donors (Lipinski definition) is 0. The Morgan fingerprint density at radius 3 is 2.05 bits per heavy atom. The average molecular weight is 308 g/mol. The van der Waals surface area contributed by atoms with Crippen LogP contribution in [0.2, 0.25) is 5.02 Å². The Kier molecular flexibility index (Phi) is 2.78. The molecule has 2 aromatic carbocycles. The number of aromatic nitrogens is 1. The van der Waals surface area contributed by atoms with Gasteiger partial charge in [-0.25, -0.2) is 0 Å². The molecule has 106 valence electrons. The summed E-state index contributed by atoms with van der Waals surface area (Å²) in [7, 11) is 0. The summed E-state index contributed by atoms with van der Waals surface area (Å²) in [5.74, 6) is -0.313. The first-order chi connectivity index (χ1) is 10.7. The highest BCUT2D eigenvalue weighted by molar-refractivity contribution is 6.36. The van der Waals surface area contributed by atoms with Gasteiger partial charge in [0.25, 0.3) is 0 Å². The Morgan fingerprint density at radius 2 is 1.36 bits per heavy atom. The molecule has 1 aliphatic rings. The lowest BCUT2D eigenvalue weighted by atomic mass is 9.83. The van der Waals surface area contributed by atoms with Crippen LogP contribution in [-0.2, 0) is 0 Å². The van der Waals surface area contributed by atoms with Crippen LogP contribution in [0.25, 0.3) is 5.69 Å². The van der Waals surface area contributed by atoms with Gasteiger partial charge in [-0.15, -0.1) is 0 Å². The third-order valence-corrected chi connectivity index (χ3v) is 4.18. The maximum Gasteiger partial charge on any atom is 0.196 e. The summed E-state index contributed by atoms with van der Waals surface area (Å²) >= 11 is 6.31. The Bertz CT molecular complexity index is 926. The van der Waals surface area contributed by atoms with E-state index in [1.807, 2.05) is 12.1 Å². The maximum absolute atomic E-state index is 12.9. The molecule has 0 fully saturated rings. The molecule has 3 nitrogen and oxygen atoms in total. The van der Waals surface area contributed by atoms with Gasteiger partial charge in [-0.3, -0.25) is 9.59 Å². The van der Waals surface area contributed by atoms with E-state index in [0.717, 1.165) is 0 Å². The third-order valence-electron chi connectivity index (χ3n) is 3.88. The molecule has 1 aromatic heterocycles. The summed E-state index contributed by atoms with van der Waals surface area (Å²) in [6, 6.07) is 13.9. The lowest BCUT2D eigenvalue weighted by Crippen LogP contribution is -2.23. The third kappa shape index (κ3) is 1.69. The van der Waals surface area contributed by atoms with Crippen molar-refractivity contribution in [3.8, 4) is 5.69 Å². The van der Waals surface area contributed by atoms with Crippen LogP contribution in [-0.4, -0.2) is 16.1 Å². The number of ketones is 2. The topological polar surface area (TPSA) is 39.1 Å². The smallest absolute Gasteiger partial charge is 0.196 e. The van der Waals surface area contributed by atoms with Crippen molar-refractivity contribution in [1.82, 2.24) is 4.57 Å². The van der Waals surface area contributed by atoms with Gasteiger partial charge < -0.3 is 4.57 Å². The molecule has 0 atom stereocenters. The predicted molar refractivity (Wildman–Crippen MR) is 84.1 cm³/mol. The van der Waals surface area contributed by atoms with Gasteiger partial charge in [-0.05, 0) is 24.3 Å². The van der Waals surface area contributed by atoms with Crippen molar-refractivity contribution in [3.05, 3.63) is 88.2 Å². The molecule has 1 heterocycles. The molecule has 0 aliphatic heterocycles. The Hall–Kier alpha value is -2.65. The summed E-state index contributed by atoms with van der Waals surface area (Å²) in [4.78, 5) is 25.6. The van der Waals surface area contributed by atoms with Crippen molar-refractivity contribution in [1.29, 1.82) is 0 Å². The van der Waals surface area contributed by atoms with Crippen LogP contribution in [0.5, 0.6) is 0 Å². The molecule has 0 unspecified atom stereocenters. The van der Waals surface area contributed by atoms with Crippen LogP contribution in [0.4, 0.5) is 0 Å². The standard InChI is InChI=1S/C18H10ClNO2/c19-14-8-7-13-15(16(14)20-9-3-4-10-20)18(22)12-6-2-1-5-11(12)17(13)21/h1-10H. The normalized spacial score (nSPS) is 13.0. The quantitative estimate of drug-likeness (QED) is 0.535. The van der Waals surface area contributed by atoms with E-state index in [1.165, 1.54) is 0 Å². The average Bonchev–Trinajstić information content (AvgIpc) is 3.06. The summed E-state index contributed by atoms with van der Waals surface area (Å²) in [6.45, 7) is 0. The highest BCUT2D eigenvalue weighted by Gasteiger charge is 2.32. The molecule has 0 bridgehead atoms. The van der Waals surface area contributed by atoms with Crippen molar-refractivity contribution in [2.24, 2.45) is 0 Å². The van der Waals surface area contributed by atoms with E-state index in [9.17, 15) is 9.59 Å². The molecule has 0 radical (unpaired) electrons. The predicted octanol–water partition coefficient (Wildman–Crippen LogP) is 3.91. The molecular weight excluding hydrogens is 298 g/mol. The van der Waals surface area contributed by atoms with Crippen LogP contribution >= 0.6 is 11.6 Å². The minimum atomic E-state index is -0.170. The van der Waals surface area contributed by atoms with E-state index in [0.29, 0.717) is 33.0 Å². The molecule has 0 spiro atoms. The van der Waals surface area contributed by atoms with Crippen molar-refractivity contribution >= 4 is 23.2 Å². The number of carbonyl (C=O) groups excluding carboxylic acids is 2. The highest BCUT2D eigenvalue weighted by atomic mass is 35.5. The van der Waals surface area contributed by atoms with Gasteiger partial charge >= 0.3 is 0 Å². The number of carbonyl (C=O) groups is 2. The second-order valence-electron chi connectivity index (χ2n) is 5.11. The molecule has 3 aromatic rings. The van der Waals surface area contributed by atoms with Crippen LogP contribution in [0.3, 0.4) is 0 Å². The summed E-state index contributed by atoms with van der Waals surface area (Å²) in [5, 5.41) is 0.440. The number of halogens is 1. The van der Waals surface area contributed by atoms with Crippen LogP contribution < -0.4 is 0 Å². The zero-order valence-corrected chi connectivity index (χ0v) is 12.2. The zero-order valence-electron chi connectivity index (χ0n) is 11.4. The molecule has 4 heteroatoms. The number of fused-ring (bicyclic) bond motifs is 2. The van der Waals surface area contributed by atoms with Gasteiger partial charge in [0.2, 0.25) is 0 Å². The van der Waals surface area contributed by atoms with Crippen LogP contribution in [0.1, 0.15) is 31.8 Å². The molecule has 0 amide bonds. The molecule has 0 saturated heterocycles. The maximum atomic E-state index is 12.9. The lowest BCUT2D eigenvalue weighted by Gasteiger charge is -2.21. The monoisotopic (exact) mass is 307 g/mol. The first-order valence-electron chi connectivity index (χ1n) is 6.83. The SMILES string of the molecule is O=C1c2ccccc2C(=O)c2c1ccc(Cl)c2-n1cccc1. The van der Waals surface area contributed by atoms with Gasteiger partial charge in [0.15, 0.2) is 11.6 Å². The number of hydrogen-bond acceptors (Lipinski definition) is 2. The second kappa shape index (κ2) is 4.68. The van der Waals surface area contributed by atoms with Crippen molar-refractivity contribution in [3.63, 3.8) is 0 Å². The number of rotatable bonds is 1. The highest BCUT2D eigenvalue weighted by Crippen LogP contribution is 2.35. The summed E-state index contributed by atoms with van der Waals surface area (Å²) in [5.41, 5.74) is 2.19. The number of nitrogens with zero attached hydrogens (tertiary/aromatic N) is 1. The van der Waals surface area contributed by atoms with Crippen LogP contribution in [0, 0.1) is 0 Å². The molecule has 22 heavy (non-hydrogen) atoms.